The van der Waals surface area contributed by atoms with Crippen LogP contribution in [0.25, 0.3) is 11.1 Å². The molecule has 1 aliphatic rings. The average Bonchev–Trinajstić information content (AvgIpc) is 3.15. The second-order valence-corrected chi connectivity index (χ2v) is 9.13. The van der Waals surface area contributed by atoms with Crippen molar-refractivity contribution in [3.05, 3.63) is 59.7 Å². The second kappa shape index (κ2) is 12.9. The lowest BCUT2D eigenvalue weighted by Crippen LogP contribution is -2.52. The number of fused-ring (bicyclic) bond motifs is 3. The zero-order valence-corrected chi connectivity index (χ0v) is 20.5. The highest BCUT2D eigenvalue weighted by Gasteiger charge is 2.29. The Bertz CT molecular complexity index is 978. The topological polar surface area (TPSA) is 108 Å². The van der Waals surface area contributed by atoms with Crippen molar-refractivity contribution >= 4 is 18.0 Å². The number of likely N-dealkylation sites (N-methyl/N-ethyl adjacent to an activating group) is 1. The molecular weight excluding hydrogens is 446 g/mol. The molecule has 0 saturated carbocycles. The maximum Gasteiger partial charge on any atom is 0.407 e. The Morgan fingerprint density at radius 2 is 1.54 bits per heavy atom. The van der Waals surface area contributed by atoms with Crippen molar-refractivity contribution in [2.45, 2.75) is 44.1 Å². The van der Waals surface area contributed by atoms with E-state index in [2.05, 4.69) is 34.9 Å². The van der Waals surface area contributed by atoms with Crippen LogP contribution >= 0.6 is 0 Å². The fourth-order valence-electron chi connectivity index (χ4n) is 4.43. The van der Waals surface area contributed by atoms with Gasteiger partial charge in [0, 0.05) is 25.4 Å². The first-order valence-corrected chi connectivity index (χ1v) is 12.1. The van der Waals surface area contributed by atoms with Gasteiger partial charge < -0.3 is 25.4 Å². The standard InChI is InChI=1S/C27H35N3O5/c1-30(2)17-24(26(33)28-16-10-4-3-5-15-25(31)32)29-27(34)35-18-23-21-13-8-6-11-19(21)20-12-7-9-14-22(20)23/h6-9,11-14,23-24H,3-5,10,15-18H2,1-2H3,(H,28,33)(H,29,34)(H,31,32). The van der Waals surface area contributed by atoms with Crippen LogP contribution in [0.2, 0.25) is 0 Å². The number of amides is 2. The summed E-state index contributed by atoms with van der Waals surface area (Å²) in [6.07, 6.45) is 2.58. The molecule has 2 aromatic rings. The lowest BCUT2D eigenvalue weighted by atomic mass is 9.98. The van der Waals surface area contributed by atoms with Crippen molar-refractivity contribution in [2.75, 3.05) is 33.8 Å². The van der Waals surface area contributed by atoms with Gasteiger partial charge >= 0.3 is 12.1 Å². The SMILES string of the molecule is CN(C)CC(NC(=O)OCC1c2ccccc2-c2ccccc21)C(=O)NCCCCCCC(=O)O. The van der Waals surface area contributed by atoms with Gasteiger partial charge in [-0.1, -0.05) is 61.4 Å². The number of carbonyl (C=O) groups is 3. The predicted octanol–water partition coefficient (Wildman–Crippen LogP) is 3.61. The summed E-state index contributed by atoms with van der Waals surface area (Å²) in [5.74, 6) is -1.10. The summed E-state index contributed by atoms with van der Waals surface area (Å²) >= 11 is 0. The van der Waals surface area contributed by atoms with E-state index in [1.165, 1.54) is 0 Å². The zero-order valence-electron chi connectivity index (χ0n) is 20.5. The Hall–Kier alpha value is -3.39. The monoisotopic (exact) mass is 481 g/mol. The van der Waals surface area contributed by atoms with Gasteiger partial charge in [-0.3, -0.25) is 9.59 Å². The molecule has 35 heavy (non-hydrogen) atoms. The number of nitrogens with zero attached hydrogens (tertiary/aromatic N) is 1. The number of carboxylic acid groups (broad SMARTS) is 1. The Balaban J connectivity index is 1.50. The van der Waals surface area contributed by atoms with Gasteiger partial charge in [-0.05, 0) is 49.2 Å². The number of benzene rings is 2. The minimum atomic E-state index is -0.788. The van der Waals surface area contributed by atoms with E-state index in [1.54, 1.807) is 0 Å². The quantitative estimate of drug-likeness (QED) is 0.377. The lowest BCUT2D eigenvalue weighted by molar-refractivity contribution is -0.137. The molecule has 0 saturated heterocycles. The third-order valence-electron chi connectivity index (χ3n) is 6.12. The van der Waals surface area contributed by atoms with E-state index in [0.29, 0.717) is 19.5 Å². The van der Waals surface area contributed by atoms with Crippen LogP contribution in [0, 0.1) is 0 Å². The smallest absolute Gasteiger partial charge is 0.407 e. The van der Waals surface area contributed by atoms with Crippen LogP contribution in [-0.4, -0.2) is 67.8 Å². The molecule has 0 aromatic heterocycles. The molecule has 3 N–H and O–H groups in total. The number of hydrogen-bond donors (Lipinski definition) is 3. The molecule has 1 atom stereocenters. The molecule has 1 aliphatic carbocycles. The molecule has 1 unspecified atom stereocenters. The first kappa shape index (κ1) is 26.2. The Morgan fingerprint density at radius 3 is 2.14 bits per heavy atom. The van der Waals surface area contributed by atoms with Gasteiger partial charge in [0.2, 0.25) is 5.91 Å². The number of ether oxygens (including phenoxy) is 1. The van der Waals surface area contributed by atoms with Crippen LogP contribution in [-0.2, 0) is 14.3 Å². The van der Waals surface area contributed by atoms with Crippen molar-refractivity contribution in [3.63, 3.8) is 0 Å². The van der Waals surface area contributed by atoms with Gasteiger partial charge in [-0.2, -0.15) is 0 Å². The summed E-state index contributed by atoms with van der Waals surface area (Å²) in [4.78, 5) is 37.7. The molecule has 0 spiro atoms. The fourth-order valence-corrected chi connectivity index (χ4v) is 4.43. The molecule has 8 nitrogen and oxygen atoms in total. The Kier molecular flexibility index (Phi) is 9.66. The third kappa shape index (κ3) is 7.55. The normalized spacial score (nSPS) is 13.1. The Labute approximate surface area is 206 Å². The van der Waals surface area contributed by atoms with Gasteiger partial charge in [0.15, 0.2) is 0 Å². The first-order chi connectivity index (χ1) is 16.9. The number of carboxylic acids is 1. The van der Waals surface area contributed by atoms with Crippen molar-refractivity contribution in [1.29, 1.82) is 0 Å². The number of aliphatic carboxylic acids is 1. The van der Waals surface area contributed by atoms with Gasteiger partial charge in [0.25, 0.3) is 0 Å². The van der Waals surface area contributed by atoms with Gasteiger partial charge in [0.1, 0.15) is 12.6 Å². The predicted molar refractivity (Wildman–Crippen MR) is 134 cm³/mol. The summed E-state index contributed by atoms with van der Waals surface area (Å²) in [7, 11) is 3.67. The number of nitrogens with one attached hydrogen (secondary N) is 2. The average molecular weight is 482 g/mol. The molecule has 2 amide bonds. The summed E-state index contributed by atoms with van der Waals surface area (Å²) in [6, 6.07) is 15.5. The van der Waals surface area contributed by atoms with Crippen molar-refractivity contribution < 1.29 is 24.2 Å². The minimum absolute atomic E-state index is 0.0459. The minimum Gasteiger partial charge on any atom is -0.481 e. The lowest BCUT2D eigenvalue weighted by Gasteiger charge is -2.22. The van der Waals surface area contributed by atoms with Crippen LogP contribution in [0.3, 0.4) is 0 Å². The third-order valence-corrected chi connectivity index (χ3v) is 6.12. The molecule has 8 heteroatoms. The van der Waals surface area contributed by atoms with E-state index in [4.69, 9.17) is 9.84 Å². The van der Waals surface area contributed by atoms with Crippen LogP contribution in [0.15, 0.2) is 48.5 Å². The van der Waals surface area contributed by atoms with Crippen LogP contribution in [0.4, 0.5) is 4.79 Å². The molecular formula is C27H35N3O5. The van der Waals surface area contributed by atoms with Crippen LogP contribution in [0.5, 0.6) is 0 Å². The van der Waals surface area contributed by atoms with E-state index in [9.17, 15) is 14.4 Å². The maximum absolute atomic E-state index is 12.7. The number of carbonyl (C=O) groups excluding carboxylic acids is 2. The molecule has 0 fully saturated rings. The Morgan fingerprint density at radius 1 is 0.943 bits per heavy atom. The maximum atomic E-state index is 12.7. The summed E-state index contributed by atoms with van der Waals surface area (Å²) in [5, 5.41) is 14.3. The summed E-state index contributed by atoms with van der Waals surface area (Å²) in [5.41, 5.74) is 4.58. The van der Waals surface area contributed by atoms with E-state index in [1.807, 2.05) is 43.3 Å². The molecule has 2 aromatic carbocycles. The number of hydrogen-bond acceptors (Lipinski definition) is 5. The molecule has 3 rings (SSSR count). The molecule has 0 radical (unpaired) electrons. The van der Waals surface area contributed by atoms with E-state index in [0.717, 1.165) is 41.5 Å². The highest BCUT2D eigenvalue weighted by atomic mass is 16.5. The fraction of sp³-hybridized carbons (Fsp3) is 0.444. The van der Waals surface area contributed by atoms with Gasteiger partial charge in [-0.15, -0.1) is 0 Å². The van der Waals surface area contributed by atoms with Gasteiger partial charge in [-0.25, -0.2) is 4.79 Å². The van der Waals surface area contributed by atoms with E-state index in [-0.39, 0.29) is 24.9 Å². The van der Waals surface area contributed by atoms with Crippen molar-refractivity contribution in [1.82, 2.24) is 15.5 Å². The molecule has 188 valence electrons. The highest BCUT2D eigenvalue weighted by Crippen LogP contribution is 2.44. The second-order valence-electron chi connectivity index (χ2n) is 9.13. The van der Waals surface area contributed by atoms with Crippen LogP contribution in [0.1, 0.15) is 49.1 Å². The first-order valence-electron chi connectivity index (χ1n) is 12.1. The molecule has 0 bridgehead atoms. The van der Waals surface area contributed by atoms with E-state index < -0.39 is 18.1 Å². The van der Waals surface area contributed by atoms with Crippen LogP contribution < -0.4 is 10.6 Å². The van der Waals surface area contributed by atoms with E-state index >= 15 is 0 Å². The highest BCUT2D eigenvalue weighted by molar-refractivity contribution is 5.86. The van der Waals surface area contributed by atoms with Crippen molar-refractivity contribution in [3.8, 4) is 11.1 Å². The molecule has 0 heterocycles. The number of alkyl carbamates (subject to hydrolysis) is 1. The zero-order chi connectivity index (χ0) is 25.2. The number of rotatable bonds is 13. The largest absolute Gasteiger partial charge is 0.481 e. The number of unbranched alkanes of at least 4 members (excludes halogenated alkanes) is 3. The summed E-state index contributed by atoms with van der Waals surface area (Å²) in [6.45, 7) is 1.00. The van der Waals surface area contributed by atoms with Gasteiger partial charge in [0.05, 0.1) is 0 Å². The summed E-state index contributed by atoms with van der Waals surface area (Å²) < 4.78 is 5.59. The molecule has 0 aliphatic heterocycles. The van der Waals surface area contributed by atoms with Crippen molar-refractivity contribution in [2.24, 2.45) is 0 Å².